The number of phenolic OH excluding ortho intramolecular Hbond substituents is 1. The molecule has 1 fully saturated rings. The van der Waals surface area contributed by atoms with Crippen molar-refractivity contribution in [3.8, 4) is 17.2 Å². The van der Waals surface area contributed by atoms with Gasteiger partial charge in [0.25, 0.3) is 0 Å². The zero-order chi connectivity index (χ0) is 24.4. The predicted octanol–water partition coefficient (Wildman–Crippen LogP) is 0.294. The number of aliphatic hydroxyl groups is 4. The average molecular weight is 476 g/mol. The van der Waals surface area contributed by atoms with Gasteiger partial charge < -0.3 is 44.5 Å². The Morgan fingerprint density at radius 1 is 1.03 bits per heavy atom. The van der Waals surface area contributed by atoms with Gasteiger partial charge in [0.15, 0.2) is 0 Å². The van der Waals surface area contributed by atoms with Crippen LogP contribution in [0, 0.1) is 0 Å². The van der Waals surface area contributed by atoms with Gasteiger partial charge in [-0.2, -0.15) is 0 Å². The lowest BCUT2D eigenvalue weighted by molar-refractivity contribution is -0.277. The Hall–Kier alpha value is -2.89. The van der Waals surface area contributed by atoms with Gasteiger partial charge in [0.1, 0.15) is 53.3 Å². The van der Waals surface area contributed by atoms with Crippen LogP contribution in [-0.2, 0) is 22.3 Å². The molecule has 1 saturated heterocycles. The van der Waals surface area contributed by atoms with Crippen molar-refractivity contribution in [3.05, 3.63) is 53.1 Å². The molecule has 34 heavy (non-hydrogen) atoms. The summed E-state index contributed by atoms with van der Waals surface area (Å²) < 4.78 is 21.6. The van der Waals surface area contributed by atoms with E-state index in [4.69, 9.17) is 18.9 Å². The normalized spacial score (nSPS) is 28.7. The molecular weight excluding hydrogens is 448 g/mol. The van der Waals surface area contributed by atoms with Gasteiger partial charge in [-0.1, -0.05) is 12.1 Å². The van der Waals surface area contributed by atoms with Gasteiger partial charge in [0.2, 0.25) is 6.29 Å². The number of carbonyl (C=O) groups excluding carboxylic acids is 1. The Morgan fingerprint density at radius 3 is 2.44 bits per heavy atom. The third-order valence-electron chi connectivity index (χ3n) is 6.11. The number of hydrogen-bond donors (Lipinski definition) is 5. The van der Waals surface area contributed by atoms with Gasteiger partial charge in [-0.05, 0) is 42.2 Å². The number of carbonyl (C=O) groups is 1. The van der Waals surface area contributed by atoms with Crippen molar-refractivity contribution in [3.63, 3.8) is 0 Å². The molecule has 184 valence electrons. The van der Waals surface area contributed by atoms with Crippen molar-refractivity contribution >= 4 is 5.97 Å². The molecule has 0 saturated carbocycles. The lowest BCUT2D eigenvalue weighted by atomic mass is 9.94. The van der Waals surface area contributed by atoms with Crippen molar-refractivity contribution < 1.29 is 49.3 Å². The zero-order valence-electron chi connectivity index (χ0n) is 18.5. The molecule has 5 unspecified atom stereocenters. The number of cyclic esters (lactones) is 1. The van der Waals surface area contributed by atoms with Gasteiger partial charge >= 0.3 is 5.97 Å². The molecule has 4 rings (SSSR count). The van der Waals surface area contributed by atoms with E-state index in [1.165, 1.54) is 12.1 Å². The molecule has 0 radical (unpaired) electrons. The largest absolute Gasteiger partial charge is 0.507 e. The third kappa shape index (κ3) is 4.96. The van der Waals surface area contributed by atoms with Crippen LogP contribution >= 0.6 is 0 Å². The van der Waals surface area contributed by atoms with Crippen LogP contribution in [0.2, 0.25) is 0 Å². The molecule has 0 bridgehead atoms. The van der Waals surface area contributed by atoms with Gasteiger partial charge in [0.05, 0.1) is 13.7 Å². The van der Waals surface area contributed by atoms with Crippen LogP contribution in [0.3, 0.4) is 0 Å². The Balaban J connectivity index is 1.47. The maximum atomic E-state index is 12.5. The number of benzene rings is 2. The fraction of sp³-hybridized carbons (Fsp3) is 0.458. The zero-order valence-corrected chi connectivity index (χ0v) is 18.5. The maximum Gasteiger partial charge on any atom is 0.342 e. The number of aromatic hydroxyl groups is 1. The van der Waals surface area contributed by atoms with Crippen molar-refractivity contribution in [1.29, 1.82) is 0 Å². The first-order valence-electron chi connectivity index (χ1n) is 11.0. The van der Waals surface area contributed by atoms with E-state index >= 15 is 0 Å². The van der Waals surface area contributed by atoms with E-state index in [0.29, 0.717) is 24.8 Å². The molecule has 2 aliphatic heterocycles. The maximum absolute atomic E-state index is 12.5. The number of esters is 1. The van der Waals surface area contributed by atoms with Gasteiger partial charge in [-0.15, -0.1) is 0 Å². The minimum atomic E-state index is -1.60. The molecular formula is C24H28O10. The summed E-state index contributed by atoms with van der Waals surface area (Å²) in [6.45, 7) is -0.595. The number of hydrogen-bond acceptors (Lipinski definition) is 10. The van der Waals surface area contributed by atoms with Crippen LogP contribution in [0.15, 0.2) is 36.4 Å². The molecule has 10 nitrogen and oxygen atoms in total. The number of rotatable bonds is 7. The minimum Gasteiger partial charge on any atom is -0.507 e. The van der Waals surface area contributed by atoms with Crippen molar-refractivity contribution in [2.24, 2.45) is 0 Å². The molecule has 2 aromatic carbocycles. The summed E-state index contributed by atoms with van der Waals surface area (Å²) in [7, 11) is 1.60. The highest BCUT2D eigenvalue weighted by atomic mass is 16.7. The topological polar surface area (TPSA) is 155 Å². The highest BCUT2D eigenvalue weighted by molar-refractivity contribution is 5.95. The second-order valence-corrected chi connectivity index (χ2v) is 8.41. The summed E-state index contributed by atoms with van der Waals surface area (Å²) in [6.07, 6.45) is -6.09. The fourth-order valence-corrected chi connectivity index (χ4v) is 4.20. The molecule has 2 aliphatic rings. The smallest absolute Gasteiger partial charge is 0.342 e. The van der Waals surface area contributed by atoms with Gasteiger partial charge in [-0.25, -0.2) is 4.79 Å². The molecule has 10 heteroatoms. The number of aryl methyl sites for hydroxylation is 1. The highest BCUT2D eigenvalue weighted by Crippen LogP contribution is 2.35. The standard InChI is InChI=1S/C24H28O10/c1-31-14-5-2-12(3-6-14)4-7-15-8-13-9-16(10-17(26)19(13)23(30)32-15)33-24-22(29)21(28)20(27)18(11-25)34-24/h2-3,5-6,9-10,15,18,20-22,24-29H,4,7-8,11H2,1H3/t15-,18?,20?,21?,22?,24?/m0/s1. The van der Waals surface area contributed by atoms with Crippen LogP contribution in [-0.4, -0.2) is 82.0 Å². The number of fused-ring (bicyclic) bond motifs is 1. The van der Waals surface area contributed by atoms with Gasteiger partial charge in [-0.3, -0.25) is 0 Å². The van der Waals surface area contributed by atoms with Crippen LogP contribution < -0.4 is 9.47 Å². The summed E-state index contributed by atoms with van der Waals surface area (Å²) in [5.41, 5.74) is 1.61. The summed E-state index contributed by atoms with van der Waals surface area (Å²) in [4.78, 5) is 12.5. The minimum absolute atomic E-state index is 0.0434. The second-order valence-electron chi connectivity index (χ2n) is 8.41. The fourth-order valence-electron chi connectivity index (χ4n) is 4.20. The molecule has 0 aromatic heterocycles. The lowest BCUT2D eigenvalue weighted by Gasteiger charge is -2.39. The van der Waals surface area contributed by atoms with E-state index in [-0.39, 0.29) is 17.1 Å². The number of phenols is 1. The molecule has 5 N–H and O–H groups in total. The van der Waals surface area contributed by atoms with Gasteiger partial charge in [0, 0.05) is 12.5 Å². The van der Waals surface area contributed by atoms with E-state index in [1.54, 1.807) is 7.11 Å². The molecule has 2 aromatic rings. The van der Waals surface area contributed by atoms with Crippen LogP contribution in [0.4, 0.5) is 0 Å². The Bertz CT molecular complexity index is 1010. The number of ether oxygens (including phenoxy) is 4. The summed E-state index contributed by atoms with van der Waals surface area (Å²) in [5.74, 6) is -0.151. The molecule has 2 heterocycles. The lowest BCUT2D eigenvalue weighted by Crippen LogP contribution is -2.60. The first-order chi connectivity index (χ1) is 16.3. The predicted molar refractivity (Wildman–Crippen MR) is 117 cm³/mol. The monoisotopic (exact) mass is 476 g/mol. The van der Waals surface area contributed by atoms with Crippen molar-refractivity contribution in [2.75, 3.05) is 13.7 Å². The van der Waals surface area contributed by atoms with E-state index in [9.17, 15) is 30.3 Å². The van der Waals surface area contributed by atoms with Crippen LogP contribution in [0.25, 0.3) is 0 Å². The quantitative estimate of drug-likeness (QED) is 0.352. The van der Waals surface area contributed by atoms with E-state index in [1.807, 2.05) is 24.3 Å². The highest BCUT2D eigenvalue weighted by Gasteiger charge is 2.45. The average Bonchev–Trinajstić information content (AvgIpc) is 2.83. The Kier molecular flexibility index (Phi) is 7.24. The van der Waals surface area contributed by atoms with E-state index in [0.717, 1.165) is 11.3 Å². The number of aliphatic hydroxyl groups excluding tert-OH is 4. The summed E-state index contributed by atoms with van der Waals surface area (Å²) >= 11 is 0. The third-order valence-corrected chi connectivity index (χ3v) is 6.11. The van der Waals surface area contributed by atoms with E-state index < -0.39 is 49.4 Å². The van der Waals surface area contributed by atoms with Crippen molar-refractivity contribution in [1.82, 2.24) is 0 Å². The first kappa shape index (κ1) is 24.2. The molecule has 0 aliphatic carbocycles. The summed E-state index contributed by atoms with van der Waals surface area (Å²) in [5, 5.41) is 49.8. The molecule has 6 atom stereocenters. The summed E-state index contributed by atoms with van der Waals surface area (Å²) in [6, 6.07) is 10.3. The molecule has 0 amide bonds. The van der Waals surface area contributed by atoms with Crippen molar-refractivity contribution in [2.45, 2.75) is 56.1 Å². The Labute approximate surface area is 195 Å². The number of methoxy groups -OCH3 is 1. The second kappa shape index (κ2) is 10.2. The molecule has 0 spiro atoms. The Morgan fingerprint density at radius 2 is 1.76 bits per heavy atom. The SMILES string of the molecule is COc1ccc(CC[C@H]2Cc3cc(OC4OC(CO)C(O)C(O)C4O)cc(O)c3C(=O)O2)cc1. The van der Waals surface area contributed by atoms with Crippen LogP contribution in [0.5, 0.6) is 17.2 Å². The van der Waals surface area contributed by atoms with Crippen LogP contribution in [0.1, 0.15) is 27.9 Å². The first-order valence-corrected chi connectivity index (χ1v) is 11.0. The van der Waals surface area contributed by atoms with E-state index in [2.05, 4.69) is 0 Å².